The fraction of sp³-hybridized carbons (Fsp3) is 0.559. The zero-order valence-electron chi connectivity index (χ0n) is 26.7. The van der Waals surface area contributed by atoms with Gasteiger partial charge in [0.25, 0.3) is 0 Å². The van der Waals surface area contributed by atoms with Crippen LogP contribution in [0.3, 0.4) is 0 Å². The second-order valence-electron chi connectivity index (χ2n) is 12.8. The molecule has 11 heteroatoms. The molecule has 11 nitrogen and oxygen atoms in total. The van der Waals surface area contributed by atoms with E-state index in [-0.39, 0.29) is 38.0 Å². The molecule has 1 heterocycles. The van der Waals surface area contributed by atoms with E-state index in [1.807, 2.05) is 76.2 Å². The molecule has 0 bridgehead atoms. The van der Waals surface area contributed by atoms with Gasteiger partial charge >= 0.3 is 12.1 Å². The van der Waals surface area contributed by atoms with E-state index in [1.165, 1.54) is 0 Å². The van der Waals surface area contributed by atoms with Crippen molar-refractivity contribution in [3.8, 4) is 11.1 Å². The number of carbonyl (C=O) groups is 3. The normalized spacial score (nSPS) is 19.2. The number of aliphatic hydroxyl groups excluding tert-OH is 1. The van der Waals surface area contributed by atoms with Crippen LogP contribution in [0.5, 0.6) is 0 Å². The van der Waals surface area contributed by atoms with Crippen molar-refractivity contribution in [3.63, 3.8) is 0 Å². The first-order chi connectivity index (χ1) is 21.2. The van der Waals surface area contributed by atoms with E-state index < -0.39 is 47.6 Å². The Balaban J connectivity index is 1.17. The molecule has 1 aliphatic carbocycles. The number of alkyl carbamates (subject to hydrolysis) is 1. The third kappa shape index (κ3) is 9.49. The molecular formula is C34H46N2O9. The molecular weight excluding hydrogens is 580 g/mol. The molecule has 0 saturated carbocycles. The Bertz CT molecular complexity index is 1300. The van der Waals surface area contributed by atoms with Crippen LogP contribution in [0.4, 0.5) is 4.79 Å². The highest BCUT2D eigenvalue weighted by Crippen LogP contribution is 2.44. The number of hydrogen-bond donors (Lipinski definition) is 4. The number of aliphatic carboxylic acids is 1. The second-order valence-corrected chi connectivity index (χ2v) is 12.8. The number of carboxylic acid groups (broad SMARTS) is 1. The summed E-state index contributed by atoms with van der Waals surface area (Å²) in [7, 11) is 0. The maximum absolute atomic E-state index is 12.6. The molecule has 4 N–H and O–H groups in total. The second kappa shape index (κ2) is 14.7. The molecule has 1 saturated heterocycles. The Hall–Kier alpha value is -3.51. The molecule has 2 aromatic carbocycles. The number of carboxylic acids is 1. The highest BCUT2D eigenvalue weighted by molar-refractivity contribution is 5.82. The molecule has 4 rings (SSSR count). The van der Waals surface area contributed by atoms with Gasteiger partial charge < -0.3 is 39.8 Å². The van der Waals surface area contributed by atoms with Crippen LogP contribution in [-0.2, 0) is 28.5 Å². The summed E-state index contributed by atoms with van der Waals surface area (Å²) in [6, 6.07) is 14.5. The van der Waals surface area contributed by atoms with E-state index >= 15 is 0 Å². The third-order valence-electron chi connectivity index (χ3n) is 8.28. The van der Waals surface area contributed by atoms with Crippen molar-refractivity contribution in [2.75, 3.05) is 19.8 Å². The highest BCUT2D eigenvalue weighted by Gasteiger charge is 2.35. The van der Waals surface area contributed by atoms with Crippen LogP contribution in [0.1, 0.15) is 77.3 Å². The van der Waals surface area contributed by atoms with Crippen molar-refractivity contribution in [1.82, 2.24) is 10.6 Å². The van der Waals surface area contributed by atoms with Crippen LogP contribution in [0, 0.1) is 0 Å². The molecule has 1 fully saturated rings. The van der Waals surface area contributed by atoms with Crippen LogP contribution >= 0.6 is 0 Å². The first-order valence-electron chi connectivity index (χ1n) is 15.5. The van der Waals surface area contributed by atoms with E-state index in [1.54, 1.807) is 6.92 Å². The van der Waals surface area contributed by atoms with Crippen molar-refractivity contribution in [2.45, 2.75) is 102 Å². The maximum atomic E-state index is 12.6. The van der Waals surface area contributed by atoms with Gasteiger partial charge in [0.1, 0.15) is 12.6 Å². The van der Waals surface area contributed by atoms with Gasteiger partial charge in [-0.25, -0.2) is 9.59 Å². The fourth-order valence-corrected chi connectivity index (χ4v) is 5.84. The molecule has 0 unspecified atom stereocenters. The van der Waals surface area contributed by atoms with E-state index in [0.29, 0.717) is 13.0 Å². The molecule has 45 heavy (non-hydrogen) atoms. The summed E-state index contributed by atoms with van der Waals surface area (Å²) in [5.74, 6) is -2.48. The molecule has 0 radical (unpaired) electrons. The summed E-state index contributed by atoms with van der Waals surface area (Å²) in [5.41, 5.74) is 3.71. The molecule has 4 atom stereocenters. The number of carbonyl (C=O) groups excluding carboxylic acids is 2. The summed E-state index contributed by atoms with van der Waals surface area (Å²) < 4.78 is 23.0. The Labute approximate surface area is 264 Å². The van der Waals surface area contributed by atoms with Crippen molar-refractivity contribution in [1.29, 1.82) is 0 Å². The van der Waals surface area contributed by atoms with Crippen LogP contribution in [0.2, 0.25) is 0 Å². The lowest BCUT2D eigenvalue weighted by atomic mass is 9.98. The zero-order chi connectivity index (χ0) is 32.8. The van der Waals surface area contributed by atoms with Gasteiger partial charge in [0.15, 0.2) is 5.79 Å². The number of fused-ring (bicyclic) bond motifs is 3. The quantitative estimate of drug-likeness (QED) is 0.226. The van der Waals surface area contributed by atoms with Crippen molar-refractivity contribution in [3.05, 3.63) is 59.7 Å². The Morgan fingerprint density at radius 1 is 1.07 bits per heavy atom. The standard InChI is InChI=1S/C34H46N2O9/c1-21(44-33(2,3)17-16-22-19-43-34(4,5)45-22)29(37)18-35-30(38)15-14-28(31(39)40)36-32(41)42-20-27-25-12-8-6-10-23(25)24-11-7-9-13-26(24)27/h6-13,21-22,27-29,37H,14-20H2,1-5H3,(H,35,38)(H,36,41)(H,39,40)/t21-,22-,28-,29-/m0/s1. The largest absolute Gasteiger partial charge is 0.480 e. The number of ether oxygens (including phenoxy) is 4. The minimum Gasteiger partial charge on any atom is -0.480 e. The van der Waals surface area contributed by atoms with Gasteiger partial charge in [-0.3, -0.25) is 4.79 Å². The molecule has 0 aromatic heterocycles. The van der Waals surface area contributed by atoms with E-state index in [2.05, 4.69) is 10.6 Å². The van der Waals surface area contributed by atoms with Crippen LogP contribution in [0.15, 0.2) is 48.5 Å². The lowest BCUT2D eigenvalue weighted by Crippen LogP contribution is -2.44. The van der Waals surface area contributed by atoms with E-state index in [0.717, 1.165) is 28.7 Å². The smallest absolute Gasteiger partial charge is 0.407 e. The average molecular weight is 627 g/mol. The van der Waals surface area contributed by atoms with Crippen molar-refractivity contribution < 1.29 is 43.5 Å². The third-order valence-corrected chi connectivity index (χ3v) is 8.28. The van der Waals surface area contributed by atoms with Gasteiger partial charge in [0.05, 0.1) is 30.5 Å². The number of rotatable bonds is 15. The van der Waals surface area contributed by atoms with Gasteiger partial charge in [0.2, 0.25) is 5.91 Å². The minimum atomic E-state index is -1.32. The number of hydrogen-bond acceptors (Lipinski definition) is 8. The molecule has 1 aliphatic heterocycles. The number of nitrogens with one attached hydrogen (secondary N) is 2. The lowest BCUT2D eigenvalue weighted by Gasteiger charge is -2.32. The van der Waals surface area contributed by atoms with Crippen molar-refractivity contribution >= 4 is 18.0 Å². The monoisotopic (exact) mass is 626 g/mol. The first-order valence-corrected chi connectivity index (χ1v) is 15.5. The topological polar surface area (TPSA) is 153 Å². The Morgan fingerprint density at radius 3 is 2.27 bits per heavy atom. The minimum absolute atomic E-state index is 0.0179. The zero-order valence-corrected chi connectivity index (χ0v) is 26.7. The molecule has 0 spiro atoms. The molecule has 2 amide bonds. The summed E-state index contributed by atoms with van der Waals surface area (Å²) in [6.07, 6.45) is -1.33. The Kier molecular flexibility index (Phi) is 11.2. The molecule has 2 aliphatic rings. The Morgan fingerprint density at radius 2 is 1.69 bits per heavy atom. The molecule has 2 aromatic rings. The maximum Gasteiger partial charge on any atom is 0.407 e. The number of amides is 2. The summed E-state index contributed by atoms with van der Waals surface area (Å²) >= 11 is 0. The van der Waals surface area contributed by atoms with Gasteiger partial charge in [-0.05, 0) is 76.1 Å². The predicted molar refractivity (Wildman–Crippen MR) is 167 cm³/mol. The van der Waals surface area contributed by atoms with Gasteiger partial charge in [-0.15, -0.1) is 0 Å². The highest BCUT2D eigenvalue weighted by atomic mass is 16.7. The van der Waals surface area contributed by atoms with Gasteiger partial charge in [-0.1, -0.05) is 48.5 Å². The predicted octanol–water partition coefficient (Wildman–Crippen LogP) is 4.35. The van der Waals surface area contributed by atoms with Gasteiger partial charge in [-0.2, -0.15) is 0 Å². The van der Waals surface area contributed by atoms with Crippen LogP contribution in [-0.4, -0.2) is 83.7 Å². The SMILES string of the molecule is C[C@H](OC(C)(C)CC[C@H]1COC(C)(C)O1)[C@@H](O)CNC(=O)CC[C@H](NC(=O)OCC1c2ccccc2-c2ccccc21)C(=O)O. The number of benzene rings is 2. The van der Waals surface area contributed by atoms with Crippen LogP contribution < -0.4 is 10.6 Å². The summed E-state index contributed by atoms with van der Waals surface area (Å²) in [5, 5.41) is 25.2. The van der Waals surface area contributed by atoms with E-state index in [4.69, 9.17) is 18.9 Å². The summed E-state index contributed by atoms with van der Waals surface area (Å²) in [4.78, 5) is 36.9. The fourth-order valence-electron chi connectivity index (χ4n) is 5.84. The van der Waals surface area contributed by atoms with Gasteiger partial charge in [0, 0.05) is 18.9 Å². The van der Waals surface area contributed by atoms with Crippen LogP contribution in [0.25, 0.3) is 11.1 Å². The number of aliphatic hydroxyl groups is 1. The lowest BCUT2D eigenvalue weighted by molar-refractivity contribution is -0.145. The first kappa shape index (κ1) is 34.4. The van der Waals surface area contributed by atoms with Crippen molar-refractivity contribution in [2.24, 2.45) is 0 Å². The molecule has 246 valence electrons. The summed E-state index contributed by atoms with van der Waals surface area (Å²) in [6.45, 7) is 9.86. The average Bonchev–Trinajstić information content (AvgIpc) is 3.51. The van der Waals surface area contributed by atoms with E-state index in [9.17, 15) is 24.6 Å².